The van der Waals surface area contributed by atoms with E-state index in [0.29, 0.717) is 31.9 Å². The normalized spacial score (nSPS) is 25.4. The first-order valence-corrected chi connectivity index (χ1v) is 12.6. The van der Waals surface area contributed by atoms with Crippen molar-refractivity contribution in [1.29, 1.82) is 0 Å². The molecule has 1 saturated carbocycles. The molecule has 0 spiro atoms. The summed E-state index contributed by atoms with van der Waals surface area (Å²) in [6, 6.07) is 23.7. The second kappa shape index (κ2) is 10.4. The summed E-state index contributed by atoms with van der Waals surface area (Å²) in [5, 5.41) is 21.7. The molecule has 4 atom stereocenters. The van der Waals surface area contributed by atoms with Gasteiger partial charge in [0.15, 0.2) is 0 Å². The molecule has 2 aliphatic rings. The number of fused-ring (bicyclic) bond motifs is 1. The Morgan fingerprint density at radius 2 is 1.72 bits per heavy atom. The monoisotopic (exact) mass is 489 g/mol. The lowest BCUT2D eigenvalue weighted by molar-refractivity contribution is -0.130. The van der Waals surface area contributed by atoms with Crippen LogP contribution in [-0.2, 0) is 23.4 Å². The van der Waals surface area contributed by atoms with E-state index in [2.05, 4.69) is 0 Å². The summed E-state index contributed by atoms with van der Waals surface area (Å²) in [4.78, 5) is 15.2. The highest BCUT2D eigenvalue weighted by Gasteiger charge is 2.53. The van der Waals surface area contributed by atoms with Crippen molar-refractivity contribution in [3.05, 3.63) is 101 Å². The van der Waals surface area contributed by atoms with Crippen LogP contribution in [0, 0.1) is 23.6 Å². The smallest absolute Gasteiger partial charge is 0.227 e. The van der Waals surface area contributed by atoms with Crippen molar-refractivity contribution in [3.63, 3.8) is 0 Å². The van der Waals surface area contributed by atoms with E-state index >= 15 is 0 Å². The third kappa shape index (κ3) is 4.88. The maximum Gasteiger partial charge on any atom is 0.227 e. The van der Waals surface area contributed by atoms with E-state index in [1.807, 2.05) is 54.6 Å². The molecule has 1 aliphatic heterocycles. The number of aliphatic hydroxyl groups excluding tert-OH is 1. The van der Waals surface area contributed by atoms with Gasteiger partial charge in [-0.3, -0.25) is 4.79 Å². The molecule has 3 aromatic carbocycles. The van der Waals surface area contributed by atoms with Gasteiger partial charge in [-0.25, -0.2) is 4.39 Å². The average Bonchev–Trinajstić information content (AvgIpc) is 3.34. The topological polar surface area (TPSA) is 70.0 Å². The minimum absolute atomic E-state index is 0.00553. The highest BCUT2D eigenvalue weighted by Crippen LogP contribution is 2.50. The molecule has 0 radical (unpaired) electrons. The predicted octanol–water partition coefficient (Wildman–Crippen LogP) is 4.31. The summed E-state index contributed by atoms with van der Waals surface area (Å²) >= 11 is 0. The molecule has 1 saturated heterocycles. The fourth-order valence-corrected chi connectivity index (χ4v) is 6.02. The molecule has 4 unspecified atom stereocenters. The van der Waals surface area contributed by atoms with Gasteiger partial charge in [-0.2, -0.15) is 0 Å². The van der Waals surface area contributed by atoms with Crippen LogP contribution in [0.2, 0.25) is 0 Å². The molecular weight excluding hydrogens is 457 g/mol. The summed E-state index contributed by atoms with van der Waals surface area (Å²) < 4.78 is 20.8. The van der Waals surface area contributed by atoms with Crippen LogP contribution in [0.3, 0.4) is 0 Å². The number of hydrogen-bond donors (Lipinski definition) is 2. The zero-order valence-electron chi connectivity index (χ0n) is 20.2. The van der Waals surface area contributed by atoms with Gasteiger partial charge in [-0.1, -0.05) is 66.7 Å². The van der Waals surface area contributed by atoms with E-state index < -0.39 is 11.4 Å². The van der Waals surface area contributed by atoms with Crippen LogP contribution in [0.25, 0.3) is 0 Å². The maximum absolute atomic E-state index is 14.8. The van der Waals surface area contributed by atoms with Gasteiger partial charge >= 0.3 is 0 Å². The zero-order valence-corrected chi connectivity index (χ0v) is 20.2. The van der Waals surface area contributed by atoms with E-state index in [1.165, 1.54) is 6.07 Å². The van der Waals surface area contributed by atoms with Crippen LogP contribution in [0.15, 0.2) is 78.9 Å². The fraction of sp³-hybridized carbons (Fsp3) is 0.367. The quantitative estimate of drug-likeness (QED) is 0.519. The number of nitrogens with zero attached hydrogens (tertiary/aromatic N) is 1. The molecule has 36 heavy (non-hydrogen) atoms. The number of aliphatic hydroxyl groups is 2. The lowest BCUT2D eigenvalue weighted by atomic mass is 9.64. The zero-order chi connectivity index (χ0) is 25.1. The van der Waals surface area contributed by atoms with Crippen molar-refractivity contribution in [2.45, 2.75) is 31.5 Å². The van der Waals surface area contributed by atoms with Gasteiger partial charge < -0.3 is 19.8 Å². The molecule has 188 valence electrons. The van der Waals surface area contributed by atoms with E-state index in [4.69, 9.17) is 4.74 Å². The van der Waals surface area contributed by atoms with Gasteiger partial charge in [-0.15, -0.1) is 0 Å². The van der Waals surface area contributed by atoms with E-state index in [0.717, 1.165) is 11.1 Å². The second-order valence-corrected chi connectivity index (χ2v) is 10.1. The molecule has 0 aromatic heterocycles. The summed E-state index contributed by atoms with van der Waals surface area (Å²) in [5.74, 6) is -0.254. The minimum atomic E-state index is -1.42. The molecule has 1 aliphatic carbocycles. The van der Waals surface area contributed by atoms with E-state index in [1.54, 1.807) is 23.1 Å². The van der Waals surface area contributed by atoms with Gasteiger partial charge in [-0.05, 0) is 42.4 Å². The van der Waals surface area contributed by atoms with E-state index in [9.17, 15) is 19.4 Å². The lowest BCUT2D eigenvalue weighted by Gasteiger charge is -2.44. The molecule has 1 heterocycles. The number of amides is 1. The number of likely N-dealkylation sites (tertiary alicyclic amines) is 1. The maximum atomic E-state index is 14.8. The number of benzene rings is 3. The minimum Gasteiger partial charge on any atom is -0.489 e. The highest BCUT2D eigenvalue weighted by atomic mass is 19.1. The van der Waals surface area contributed by atoms with Gasteiger partial charge in [0.05, 0.1) is 12.0 Å². The first-order chi connectivity index (χ1) is 17.5. The fourth-order valence-electron chi connectivity index (χ4n) is 6.02. The molecular formula is C30H32FNO4. The molecule has 0 bridgehead atoms. The van der Waals surface area contributed by atoms with Crippen LogP contribution in [0.4, 0.5) is 4.39 Å². The third-order valence-electron chi connectivity index (χ3n) is 7.79. The Labute approximate surface area is 211 Å². The van der Waals surface area contributed by atoms with Crippen LogP contribution in [-0.4, -0.2) is 40.7 Å². The van der Waals surface area contributed by atoms with Gasteiger partial charge in [0, 0.05) is 36.7 Å². The summed E-state index contributed by atoms with van der Waals surface area (Å²) in [7, 11) is 0. The Hall–Kier alpha value is -3.22. The lowest BCUT2D eigenvalue weighted by Crippen LogP contribution is -2.47. The SMILES string of the molecule is O=C(Cc1ccccc1OCc1ccccc1)N1CC2CC(CO)CC(O)(c3ccccc3F)C2C1. The van der Waals surface area contributed by atoms with Crippen LogP contribution in [0.5, 0.6) is 5.75 Å². The first-order valence-electron chi connectivity index (χ1n) is 12.6. The molecule has 5 nitrogen and oxygen atoms in total. The second-order valence-electron chi connectivity index (χ2n) is 10.1. The Morgan fingerprint density at radius 3 is 2.50 bits per heavy atom. The number of para-hydroxylation sites is 1. The van der Waals surface area contributed by atoms with Crippen molar-refractivity contribution in [2.75, 3.05) is 19.7 Å². The van der Waals surface area contributed by atoms with Crippen molar-refractivity contribution in [2.24, 2.45) is 17.8 Å². The molecule has 3 aromatic rings. The van der Waals surface area contributed by atoms with Crippen molar-refractivity contribution < 1.29 is 24.1 Å². The highest BCUT2D eigenvalue weighted by molar-refractivity contribution is 5.80. The first kappa shape index (κ1) is 24.5. The van der Waals surface area contributed by atoms with E-state index in [-0.39, 0.29) is 48.7 Å². The van der Waals surface area contributed by atoms with Crippen LogP contribution < -0.4 is 4.74 Å². The molecule has 2 fully saturated rings. The molecule has 1 amide bonds. The number of carbonyl (C=O) groups is 1. The molecule has 2 N–H and O–H groups in total. The predicted molar refractivity (Wildman–Crippen MR) is 135 cm³/mol. The molecule has 5 rings (SSSR count). The Kier molecular flexibility index (Phi) is 7.08. The number of rotatable bonds is 7. The van der Waals surface area contributed by atoms with Crippen LogP contribution >= 0.6 is 0 Å². The number of hydrogen-bond acceptors (Lipinski definition) is 4. The number of carbonyl (C=O) groups excluding carboxylic acids is 1. The largest absolute Gasteiger partial charge is 0.489 e. The molecule has 6 heteroatoms. The summed E-state index contributed by atoms with van der Waals surface area (Å²) in [5.41, 5.74) is 0.694. The van der Waals surface area contributed by atoms with Gasteiger partial charge in [0.2, 0.25) is 5.91 Å². The number of halogens is 1. The Morgan fingerprint density at radius 1 is 1.00 bits per heavy atom. The van der Waals surface area contributed by atoms with Gasteiger partial charge in [0.25, 0.3) is 0 Å². The van der Waals surface area contributed by atoms with Crippen molar-refractivity contribution in [3.8, 4) is 5.75 Å². The third-order valence-corrected chi connectivity index (χ3v) is 7.79. The average molecular weight is 490 g/mol. The standard InChI is InChI=1S/C30H32FNO4/c31-27-12-6-5-11-25(27)30(35)16-22(19-33)14-24-17-32(18-26(24)30)29(34)15-23-10-4-7-13-28(23)36-20-21-8-2-1-3-9-21/h1-13,22,24,26,33,35H,14-20H2. The Balaban J connectivity index is 1.32. The van der Waals surface area contributed by atoms with Crippen LogP contribution in [0.1, 0.15) is 29.5 Å². The van der Waals surface area contributed by atoms with Gasteiger partial charge in [0.1, 0.15) is 18.2 Å². The van der Waals surface area contributed by atoms with Crippen molar-refractivity contribution in [1.82, 2.24) is 4.90 Å². The summed E-state index contributed by atoms with van der Waals surface area (Å²) in [6.07, 6.45) is 1.17. The van der Waals surface area contributed by atoms with Crippen molar-refractivity contribution >= 4 is 5.91 Å². The number of ether oxygens (including phenoxy) is 1. The Bertz CT molecular complexity index is 1200. The summed E-state index contributed by atoms with van der Waals surface area (Å²) in [6.45, 7) is 1.20.